The highest BCUT2D eigenvalue weighted by Crippen LogP contribution is 2.59. The number of hydrogen-bond donors (Lipinski definition) is 0. The van der Waals surface area contributed by atoms with Crippen molar-refractivity contribution in [3.05, 3.63) is 149 Å². The van der Waals surface area contributed by atoms with Crippen LogP contribution < -0.4 is 0 Å². The second-order valence-electron chi connectivity index (χ2n) is 12.4. The van der Waals surface area contributed by atoms with E-state index in [1.807, 2.05) is 0 Å². The molecule has 1 spiro atoms. The normalized spacial score (nSPS) is 16.6. The second kappa shape index (κ2) is 9.57. The van der Waals surface area contributed by atoms with Gasteiger partial charge in [0.25, 0.3) is 0 Å². The monoisotopic (exact) mass is 540 g/mol. The minimum atomic E-state index is -0.0892. The van der Waals surface area contributed by atoms with E-state index in [0.717, 1.165) is 24.8 Å². The lowest BCUT2D eigenvalue weighted by molar-refractivity contribution is 0.626. The van der Waals surface area contributed by atoms with Gasteiger partial charge in [-0.15, -0.1) is 0 Å². The summed E-state index contributed by atoms with van der Waals surface area (Å²) in [6.07, 6.45) is 5.76. The molecule has 2 aliphatic carbocycles. The molecule has 0 fully saturated rings. The van der Waals surface area contributed by atoms with Crippen molar-refractivity contribution in [2.24, 2.45) is 0 Å². The summed E-state index contributed by atoms with van der Waals surface area (Å²) in [4.78, 5) is 0. The van der Waals surface area contributed by atoms with Crippen molar-refractivity contribution in [1.29, 1.82) is 0 Å². The van der Waals surface area contributed by atoms with Gasteiger partial charge < -0.3 is 0 Å². The van der Waals surface area contributed by atoms with Crippen LogP contribution in [0, 0.1) is 0 Å². The molecule has 0 saturated carbocycles. The molecule has 2 aliphatic rings. The van der Waals surface area contributed by atoms with Gasteiger partial charge in [-0.1, -0.05) is 123 Å². The largest absolute Gasteiger partial charge is 0.0955 e. The van der Waals surface area contributed by atoms with E-state index >= 15 is 0 Å². The van der Waals surface area contributed by atoms with Crippen molar-refractivity contribution >= 4 is 27.1 Å². The number of fused-ring (bicyclic) bond motifs is 9. The van der Waals surface area contributed by atoms with E-state index in [1.54, 1.807) is 0 Å². The summed E-state index contributed by atoms with van der Waals surface area (Å²) in [5, 5.41) is 5.25. The van der Waals surface area contributed by atoms with Crippen LogP contribution in [0.2, 0.25) is 0 Å². The summed E-state index contributed by atoms with van der Waals surface area (Å²) in [5.74, 6) is 0. The van der Waals surface area contributed by atoms with Crippen molar-refractivity contribution in [1.82, 2.24) is 0 Å². The van der Waals surface area contributed by atoms with Gasteiger partial charge in [0.1, 0.15) is 0 Å². The Bertz CT molecular complexity index is 2060. The summed E-state index contributed by atoms with van der Waals surface area (Å²) in [7, 11) is 0. The molecule has 0 amide bonds. The fourth-order valence-corrected chi connectivity index (χ4v) is 8.23. The average molecular weight is 541 g/mol. The molecule has 0 heteroatoms. The van der Waals surface area contributed by atoms with Crippen LogP contribution in [0.4, 0.5) is 0 Å². The van der Waals surface area contributed by atoms with Crippen LogP contribution in [0.1, 0.15) is 66.5 Å². The van der Waals surface area contributed by atoms with E-state index in [1.165, 1.54) is 90.0 Å². The predicted octanol–water partition coefficient (Wildman–Crippen LogP) is 11.3. The molecule has 1 atom stereocenters. The third-order valence-corrected chi connectivity index (χ3v) is 10.0. The number of allylic oxidation sites excluding steroid dienone is 1. The Morgan fingerprint density at radius 1 is 0.690 bits per heavy atom. The van der Waals surface area contributed by atoms with Crippen molar-refractivity contribution in [2.45, 2.75) is 51.4 Å². The molecule has 0 radical (unpaired) electrons. The molecule has 1 unspecified atom stereocenters. The van der Waals surface area contributed by atoms with E-state index in [-0.39, 0.29) is 5.41 Å². The Morgan fingerprint density at radius 3 is 2.24 bits per heavy atom. The smallest absolute Gasteiger partial charge is 0.0469 e. The van der Waals surface area contributed by atoms with Gasteiger partial charge in [-0.25, -0.2) is 0 Å². The van der Waals surface area contributed by atoms with Gasteiger partial charge >= 0.3 is 0 Å². The number of unbranched alkanes of at least 4 members (excludes halogenated alkanes) is 1. The molecule has 0 bridgehead atoms. The zero-order valence-corrected chi connectivity index (χ0v) is 24.6. The summed E-state index contributed by atoms with van der Waals surface area (Å²) in [5.41, 5.74) is 15.1. The Kier molecular flexibility index (Phi) is 5.76. The summed E-state index contributed by atoms with van der Waals surface area (Å²) < 4.78 is 0. The van der Waals surface area contributed by atoms with Crippen LogP contribution in [-0.2, 0) is 18.3 Å². The molecular weight excluding hydrogens is 504 g/mol. The minimum Gasteiger partial charge on any atom is -0.0955 e. The minimum absolute atomic E-state index is 0.0892. The van der Waals surface area contributed by atoms with Crippen LogP contribution >= 0.6 is 0 Å². The first-order valence-corrected chi connectivity index (χ1v) is 15.6. The standard InChI is InChI=1S/C42H36/c1-4-5-12-28-19-21-35-36(25-28)41(34-16-8-7-15-33(34)40(35)27(2)3)30-20-22-32-31-14-9-11-18-38(31)42(39(32)26-30)24-23-29-13-6-10-17-37(29)42/h6-11,13-22,25-26H,2,4-5,12,23-24H2,1,3H3. The molecule has 6 aromatic rings. The van der Waals surface area contributed by atoms with E-state index in [9.17, 15) is 0 Å². The van der Waals surface area contributed by atoms with Gasteiger partial charge in [-0.3, -0.25) is 0 Å². The first-order chi connectivity index (χ1) is 20.6. The maximum absolute atomic E-state index is 4.44. The lowest BCUT2D eigenvalue weighted by Gasteiger charge is -2.29. The highest BCUT2D eigenvalue weighted by molar-refractivity contribution is 6.18. The van der Waals surface area contributed by atoms with Crippen LogP contribution in [-0.4, -0.2) is 0 Å². The van der Waals surface area contributed by atoms with Crippen molar-refractivity contribution < 1.29 is 0 Å². The van der Waals surface area contributed by atoms with Gasteiger partial charge in [0.15, 0.2) is 0 Å². The molecule has 42 heavy (non-hydrogen) atoms. The molecule has 0 aromatic heterocycles. The van der Waals surface area contributed by atoms with Crippen LogP contribution in [0.5, 0.6) is 0 Å². The van der Waals surface area contributed by atoms with Gasteiger partial charge in [-0.05, 0) is 121 Å². The second-order valence-corrected chi connectivity index (χ2v) is 12.4. The van der Waals surface area contributed by atoms with E-state index in [0.29, 0.717) is 0 Å². The number of benzene rings is 6. The van der Waals surface area contributed by atoms with Crippen molar-refractivity contribution in [3.63, 3.8) is 0 Å². The van der Waals surface area contributed by atoms with Gasteiger partial charge in [-0.2, -0.15) is 0 Å². The fourth-order valence-electron chi connectivity index (χ4n) is 8.23. The Labute approximate surface area is 249 Å². The van der Waals surface area contributed by atoms with Gasteiger partial charge in [0, 0.05) is 5.41 Å². The average Bonchev–Trinajstić information content (AvgIpc) is 3.55. The third-order valence-electron chi connectivity index (χ3n) is 10.0. The summed E-state index contributed by atoms with van der Waals surface area (Å²) >= 11 is 0. The SMILES string of the molecule is C=C(C)c1c2ccccc2c(-c2ccc3c(c2)C2(CCc4ccccc42)c2ccccc2-3)c2cc(CCCC)ccc12. The van der Waals surface area contributed by atoms with Crippen molar-refractivity contribution in [2.75, 3.05) is 0 Å². The number of hydrogen-bond acceptors (Lipinski definition) is 0. The van der Waals surface area contributed by atoms with Gasteiger partial charge in [0.2, 0.25) is 0 Å². The van der Waals surface area contributed by atoms with Crippen LogP contribution in [0.25, 0.3) is 49.4 Å². The topological polar surface area (TPSA) is 0 Å². The molecular formula is C42H36. The summed E-state index contributed by atoms with van der Waals surface area (Å²) in [6.45, 7) is 8.87. The zero-order chi connectivity index (χ0) is 28.4. The Hall–Kier alpha value is -4.42. The Balaban J connectivity index is 1.46. The lowest BCUT2D eigenvalue weighted by Crippen LogP contribution is -2.23. The summed E-state index contributed by atoms with van der Waals surface area (Å²) in [6, 6.07) is 41.8. The fraction of sp³-hybridized carbons (Fsp3) is 0.190. The molecule has 204 valence electrons. The molecule has 0 N–H and O–H groups in total. The Morgan fingerprint density at radius 2 is 1.40 bits per heavy atom. The number of rotatable bonds is 5. The zero-order valence-electron chi connectivity index (χ0n) is 24.6. The first-order valence-electron chi connectivity index (χ1n) is 15.6. The quantitative estimate of drug-likeness (QED) is 0.191. The van der Waals surface area contributed by atoms with Crippen LogP contribution in [0.15, 0.2) is 116 Å². The van der Waals surface area contributed by atoms with E-state index in [4.69, 9.17) is 0 Å². The maximum Gasteiger partial charge on any atom is 0.0469 e. The van der Waals surface area contributed by atoms with Gasteiger partial charge in [0.05, 0.1) is 0 Å². The highest BCUT2D eigenvalue weighted by Gasteiger charge is 2.48. The maximum atomic E-state index is 4.44. The molecule has 0 heterocycles. The molecule has 0 saturated heterocycles. The third kappa shape index (κ3) is 3.48. The lowest BCUT2D eigenvalue weighted by atomic mass is 9.73. The highest BCUT2D eigenvalue weighted by atomic mass is 14.5. The molecule has 8 rings (SSSR count). The van der Waals surface area contributed by atoms with Crippen LogP contribution in [0.3, 0.4) is 0 Å². The molecule has 0 aliphatic heterocycles. The van der Waals surface area contributed by atoms with E-state index < -0.39 is 0 Å². The molecule has 6 aromatic carbocycles. The number of aryl methyl sites for hydroxylation is 2. The van der Waals surface area contributed by atoms with Crippen molar-refractivity contribution in [3.8, 4) is 22.3 Å². The first kappa shape index (κ1) is 25.3. The predicted molar refractivity (Wildman–Crippen MR) is 180 cm³/mol. The van der Waals surface area contributed by atoms with E-state index in [2.05, 4.69) is 130 Å². The molecule has 0 nitrogen and oxygen atoms in total.